The molecule has 0 saturated heterocycles. The van der Waals surface area contributed by atoms with Crippen molar-refractivity contribution in [1.82, 2.24) is 9.97 Å². The van der Waals surface area contributed by atoms with Crippen LogP contribution < -0.4 is 41.5 Å². The summed E-state index contributed by atoms with van der Waals surface area (Å²) in [7, 11) is -5.60. The molecule has 274 valence electrons. The fourth-order valence-corrected chi connectivity index (χ4v) is 18.3. The highest BCUT2D eigenvalue weighted by molar-refractivity contribution is 7.20. The van der Waals surface area contributed by atoms with E-state index in [0.29, 0.717) is 17.2 Å². The minimum atomic E-state index is -2.80. The standard InChI is InChI=1S/C53H39N3Si2/c54-40-43-39-52(41-21-19-35-50(37-41)57(44-23-7-1-8-24-44,45-25-9-2-10-26-45)46-27-11-3-12-28-46)56-53(55-43)42-22-20-36-51(38-42)58(47-29-13-4-14-30-47,48-31-15-5-16-32-48)49-33-17-6-18-34-49/h1-39H. The van der Waals surface area contributed by atoms with Gasteiger partial charge in [-0.15, -0.1) is 0 Å². The van der Waals surface area contributed by atoms with E-state index in [-0.39, 0.29) is 0 Å². The SMILES string of the molecule is N#Cc1cc(-c2cccc([Si](c3ccccc3)(c3ccccc3)c3ccccc3)c2)nc(-c2cccc([Si](c3ccccc3)(c3ccccc3)c3ccccc3)c2)n1. The molecule has 1 heterocycles. The molecule has 0 spiro atoms. The van der Waals surface area contributed by atoms with E-state index < -0.39 is 16.1 Å². The molecule has 0 fully saturated rings. The highest BCUT2D eigenvalue weighted by Crippen LogP contribution is 2.24. The third kappa shape index (κ3) is 6.51. The van der Waals surface area contributed by atoms with E-state index >= 15 is 0 Å². The first-order chi connectivity index (χ1) is 28.7. The van der Waals surface area contributed by atoms with Crippen LogP contribution in [0.4, 0.5) is 0 Å². The maximum atomic E-state index is 10.4. The van der Waals surface area contributed by atoms with E-state index in [1.807, 2.05) is 6.07 Å². The van der Waals surface area contributed by atoms with E-state index in [1.165, 1.54) is 41.5 Å². The second-order valence-corrected chi connectivity index (χ2v) is 22.1. The molecule has 0 unspecified atom stereocenters. The van der Waals surface area contributed by atoms with Gasteiger partial charge in [0.05, 0.1) is 5.69 Å². The molecule has 0 radical (unpaired) electrons. The Morgan fingerprint density at radius 2 is 0.621 bits per heavy atom. The fraction of sp³-hybridized carbons (Fsp3) is 0. The summed E-state index contributed by atoms with van der Waals surface area (Å²) in [6.07, 6.45) is 0. The number of benzene rings is 8. The highest BCUT2D eigenvalue weighted by atomic mass is 28.3. The lowest BCUT2D eigenvalue weighted by molar-refractivity contribution is 1.15. The van der Waals surface area contributed by atoms with Crippen molar-refractivity contribution < 1.29 is 0 Å². The van der Waals surface area contributed by atoms with Gasteiger partial charge in [-0.3, -0.25) is 0 Å². The molecule has 5 heteroatoms. The summed E-state index contributed by atoms with van der Waals surface area (Å²) in [4.78, 5) is 10.1. The Hall–Kier alpha value is -7.24. The summed E-state index contributed by atoms with van der Waals surface area (Å²) in [5.41, 5.74) is 2.85. The van der Waals surface area contributed by atoms with Gasteiger partial charge in [-0.1, -0.05) is 231 Å². The average molecular weight is 774 g/mol. The fourth-order valence-electron chi connectivity index (χ4n) is 8.71. The number of hydrogen-bond donors (Lipinski definition) is 0. The first kappa shape index (κ1) is 36.4. The molecular formula is C53H39N3Si2. The molecule has 0 N–H and O–H groups in total. The molecule has 3 nitrogen and oxygen atoms in total. The van der Waals surface area contributed by atoms with Crippen molar-refractivity contribution in [1.29, 1.82) is 5.26 Å². The molecule has 8 aromatic carbocycles. The van der Waals surface area contributed by atoms with Crippen molar-refractivity contribution in [2.75, 3.05) is 0 Å². The number of hydrogen-bond acceptors (Lipinski definition) is 3. The Labute approximate surface area is 342 Å². The summed E-state index contributed by atoms with van der Waals surface area (Å²) < 4.78 is 0. The van der Waals surface area contributed by atoms with Crippen molar-refractivity contribution in [3.05, 3.63) is 242 Å². The summed E-state index contributed by atoms with van der Waals surface area (Å²) in [5, 5.41) is 20.6. The molecule has 0 aliphatic heterocycles. The zero-order chi connectivity index (χ0) is 39.2. The van der Waals surface area contributed by atoms with Crippen molar-refractivity contribution in [2.24, 2.45) is 0 Å². The van der Waals surface area contributed by atoms with Gasteiger partial charge in [0.25, 0.3) is 0 Å². The van der Waals surface area contributed by atoms with Crippen LogP contribution in [0.5, 0.6) is 0 Å². The average Bonchev–Trinajstić information content (AvgIpc) is 3.32. The van der Waals surface area contributed by atoms with Crippen molar-refractivity contribution in [3.63, 3.8) is 0 Å². The second kappa shape index (κ2) is 16.1. The van der Waals surface area contributed by atoms with E-state index in [1.54, 1.807) is 0 Å². The Morgan fingerprint density at radius 3 is 0.966 bits per heavy atom. The number of nitriles is 1. The lowest BCUT2D eigenvalue weighted by atomic mass is 10.1. The second-order valence-electron chi connectivity index (χ2n) is 14.4. The minimum Gasteiger partial charge on any atom is -0.228 e. The van der Waals surface area contributed by atoms with Gasteiger partial charge in [-0.2, -0.15) is 5.26 Å². The maximum absolute atomic E-state index is 10.4. The molecule has 0 aliphatic rings. The molecule has 0 bridgehead atoms. The molecule has 58 heavy (non-hydrogen) atoms. The number of rotatable bonds is 10. The third-order valence-electron chi connectivity index (χ3n) is 11.2. The van der Waals surface area contributed by atoms with Crippen LogP contribution in [0.15, 0.2) is 237 Å². The smallest absolute Gasteiger partial charge is 0.179 e. The molecule has 9 aromatic rings. The van der Waals surface area contributed by atoms with E-state index in [4.69, 9.17) is 9.97 Å². The summed E-state index contributed by atoms with van der Waals surface area (Å²) in [6.45, 7) is 0. The van der Waals surface area contributed by atoms with Gasteiger partial charge in [0.15, 0.2) is 22.0 Å². The van der Waals surface area contributed by atoms with E-state index in [2.05, 4.69) is 237 Å². The molecule has 0 atom stereocenters. The van der Waals surface area contributed by atoms with Gasteiger partial charge in [0.2, 0.25) is 0 Å². The summed E-state index contributed by atoms with van der Waals surface area (Å²) >= 11 is 0. The van der Waals surface area contributed by atoms with Crippen LogP contribution in [0.1, 0.15) is 5.69 Å². The molecule has 9 rings (SSSR count). The molecule has 0 saturated carbocycles. The molecule has 0 amide bonds. The predicted octanol–water partition coefficient (Wildman–Crippen LogP) is 6.44. The van der Waals surface area contributed by atoms with Gasteiger partial charge in [0.1, 0.15) is 11.8 Å². The Balaban J connectivity index is 1.23. The minimum absolute atomic E-state index is 0.325. The topological polar surface area (TPSA) is 49.6 Å². The molecular weight excluding hydrogens is 735 g/mol. The first-order valence-corrected chi connectivity index (χ1v) is 23.6. The van der Waals surface area contributed by atoms with Crippen LogP contribution in [0.25, 0.3) is 22.6 Å². The first-order valence-electron chi connectivity index (χ1n) is 19.6. The van der Waals surface area contributed by atoms with Crippen LogP contribution in [-0.4, -0.2) is 26.1 Å². The Kier molecular flexibility index (Phi) is 10.1. The van der Waals surface area contributed by atoms with E-state index in [9.17, 15) is 5.26 Å². The van der Waals surface area contributed by atoms with Crippen molar-refractivity contribution in [3.8, 4) is 28.7 Å². The van der Waals surface area contributed by atoms with Gasteiger partial charge in [-0.05, 0) is 41.5 Å². The van der Waals surface area contributed by atoms with Gasteiger partial charge < -0.3 is 0 Å². The predicted molar refractivity (Wildman–Crippen MR) is 245 cm³/mol. The van der Waals surface area contributed by atoms with Crippen molar-refractivity contribution >= 4 is 57.6 Å². The normalized spacial score (nSPS) is 11.4. The van der Waals surface area contributed by atoms with Crippen LogP contribution in [0.2, 0.25) is 0 Å². The summed E-state index contributed by atoms with van der Waals surface area (Å²) in [5.74, 6) is 0.524. The van der Waals surface area contributed by atoms with Crippen LogP contribution in [0, 0.1) is 11.3 Å². The Bertz CT molecular complexity index is 2450. The van der Waals surface area contributed by atoms with Crippen LogP contribution in [-0.2, 0) is 0 Å². The monoisotopic (exact) mass is 773 g/mol. The van der Waals surface area contributed by atoms with Crippen molar-refractivity contribution in [2.45, 2.75) is 0 Å². The molecule has 0 aliphatic carbocycles. The lowest BCUT2D eigenvalue weighted by Gasteiger charge is -2.34. The highest BCUT2D eigenvalue weighted by Gasteiger charge is 2.42. The quantitative estimate of drug-likeness (QED) is 0.119. The molecule has 1 aromatic heterocycles. The number of nitrogens with zero attached hydrogens (tertiary/aromatic N) is 3. The van der Waals surface area contributed by atoms with Gasteiger partial charge in [-0.25, -0.2) is 9.97 Å². The third-order valence-corrected chi connectivity index (χ3v) is 20.8. The largest absolute Gasteiger partial charge is 0.228 e. The van der Waals surface area contributed by atoms with Gasteiger partial charge >= 0.3 is 0 Å². The zero-order valence-corrected chi connectivity index (χ0v) is 33.9. The van der Waals surface area contributed by atoms with Crippen LogP contribution in [0.3, 0.4) is 0 Å². The lowest BCUT2D eigenvalue weighted by Crippen LogP contribution is -2.74. The summed E-state index contributed by atoms with van der Waals surface area (Å²) in [6, 6.07) is 87.0. The Morgan fingerprint density at radius 1 is 0.310 bits per heavy atom. The van der Waals surface area contributed by atoms with Gasteiger partial charge in [0, 0.05) is 17.2 Å². The maximum Gasteiger partial charge on any atom is 0.179 e. The van der Waals surface area contributed by atoms with Crippen LogP contribution >= 0.6 is 0 Å². The van der Waals surface area contributed by atoms with E-state index in [0.717, 1.165) is 11.1 Å². The zero-order valence-electron chi connectivity index (χ0n) is 31.9. The number of aromatic nitrogens is 2.